The number of carbonyl (C=O) groups excluding carboxylic acids is 2. The second-order valence-electron chi connectivity index (χ2n) is 6.37. The molecule has 2 atom stereocenters. The van der Waals surface area contributed by atoms with E-state index in [2.05, 4.69) is 5.32 Å². The van der Waals surface area contributed by atoms with E-state index >= 15 is 0 Å². The molecule has 2 rings (SSSR count). The van der Waals surface area contributed by atoms with Gasteiger partial charge in [0.25, 0.3) is 0 Å². The monoisotopic (exact) mass is 325 g/mol. The van der Waals surface area contributed by atoms with Gasteiger partial charge in [0.1, 0.15) is 5.60 Å². The van der Waals surface area contributed by atoms with Crippen LogP contribution in [0.1, 0.15) is 38.7 Å². The Hall–Kier alpha value is -1.75. The Labute approximate surface area is 134 Å². The lowest BCUT2D eigenvalue weighted by Crippen LogP contribution is -2.27. The number of benzene rings is 1. The van der Waals surface area contributed by atoms with Gasteiger partial charge in [0.15, 0.2) is 0 Å². The Bertz CT molecular complexity index is 594. The highest BCUT2D eigenvalue weighted by molar-refractivity contribution is 6.31. The maximum atomic E-state index is 11.8. The number of esters is 1. The molecule has 1 aliphatic carbocycles. The molecule has 0 bridgehead atoms. The van der Waals surface area contributed by atoms with Gasteiger partial charge >= 0.3 is 12.1 Å². The molecule has 0 radical (unpaired) electrons. The zero-order valence-electron chi connectivity index (χ0n) is 13.1. The van der Waals surface area contributed by atoms with Crippen LogP contribution in [0.25, 0.3) is 0 Å². The molecule has 0 unspecified atom stereocenters. The molecule has 1 amide bonds. The van der Waals surface area contributed by atoms with Gasteiger partial charge in [-0.15, -0.1) is 0 Å². The first kappa shape index (κ1) is 16.6. The molecule has 1 fully saturated rings. The molecule has 22 heavy (non-hydrogen) atoms. The predicted octanol–water partition coefficient (Wildman–Crippen LogP) is 3.96. The number of anilines is 1. The number of hydrogen-bond donors (Lipinski definition) is 1. The van der Waals surface area contributed by atoms with Gasteiger partial charge in [0.2, 0.25) is 0 Å². The summed E-state index contributed by atoms with van der Waals surface area (Å²) in [5, 5.41) is 3.16. The van der Waals surface area contributed by atoms with Gasteiger partial charge in [-0.1, -0.05) is 11.6 Å². The molecule has 0 aliphatic heterocycles. The molecule has 120 valence electrons. The predicted molar refractivity (Wildman–Crippen MR) is 84.2 cm³/mol. The quantitative estimate of drug-likeness (QED) is 0.854. The molecule has 0 spiro atoms. The zero-order chi connectivity index (χ0) is 16.5. The first-order chi connectivity index (χ1) is 10.2. The van der Waals surface area contributed by atoms with Gasteiger partial charge in [-0.3, -0.25) is 10.1 Å². The van der Waals surface area contributed by atoms with Crippen molar-refractivity contribution in [1.29, 1.82) is 0 Å². The number of halogens is 1. The summed E-state index contributed by atoms with van der Waals surface area (Å²) in [6.45, 7) is 5.38. The van der Waals surface area contributed by atoms with Crippen molar-refractivity contribution >= 4 is 29.4 Å². The zero-order valence-corrected chi connectivity index (χ0v) is 13.9. The fourth-order valence-electron chi connectivity index (χ4n) is 2.30. The molecule has 6 heteroatoms. The Morgan fingerprint density at radius 3 is 2.55 bits per heavy atom. The van der Waals surface area contributed by atoms with Crippen LogP contribution in [0.4, 0.5) is 10.5 Å². The van der Waals surface area contributed by atoms with E-state index in [1.165, 1.54) is 7.11 Å². The van der Waals surface area contributed by atoms with Crippen LogP contribution >= 0.6 is 11.6 Å². The Morgan fingerprint density at radius 2 is 1.95 bits per heavy atom. The molecular weight excluding hydrogens is 306 g/mol. The summed E-state index contributed by atoms with van der Waals surface area (Å²) in [5.74, 6) is -0.255. The van der Waals surface area contributed by atoms with E-state index in [4.69, 9.17) is 21.1 Å². The fourth-order valence-corrected chi connectivity index (χ4v) is 2.54. The summed E-state index contributed by atoms with van der Waals surface area (Å²) in [7, 11) is 1.38. The molecule has 1 saturated carbocycles. The standard InChI is InChI=1S/C16H20ClNO4/c1-16(2,3)22-15(20)18-11-6-9(5-10(17)7-11)12-8-13(12)14(19)21-4/h5-7,12-13H,8H2,1-4H3,(H,18,20)/t12-,13+/m1/s1. The molecule has 1 aromatic carbocycles. The first-order valence-electron chi connectivity index (χ1n) is 7.08. The van der Waals surface area contributed by atoms with Crippen LogP contribution in [0.15, 0.2) is 18.2 Å². The van der Waals surface area contributed by atoms with Crippen LogP contribution < -0.4 is 5.32 Å². The summed E-state index contributed by atoms with van der Waals surface area (Å²) >= 11 is 6.09. The SMILES string of the molecule is COC(=O)[C@H]1C[C@@H]1c1cc(Cl)cc(NC(=O)OC(C)(C)C)c1. The van der Waals surface area contributed by atoms with Crippen LogP contribution in [0.3, 0.4) is 0 Å². The number of ether oxygens (including phenoxy) is 2. The first-order valence-corrected chi connectivity index (χ1v) is 7.46. The van der Waals surface area contributed by atoms with E-state index in [0.717, 1.165) is 12.0 Å². The van der Waals surface area contributed by atoms with Crippen molar-refractivity contribution < 1.29 is 19.1 Å². The van der Waals surface area contributed by atoms with Crippen molar-refractivity contribution in [3.8, 4) is 0 Å². The summed E-state index contributed by atoms with van der Waals surface area (Å²) in [6, 6.07) is 5.25. The van der Waals surface area contributed by atoms with Crippen LogP contribution in [-0.2, 0) is 14.3 Å². The Morgan fingerprint density at radius 1 is 1.27 bits per heavy atom. The maximum Gasteiger partial charge on any atom is 0.412 e. The summed E-state index contributed by atoms with van der Waals surface area (Å²) in [5.41, 5.74) is 0.888. The average molecular weight is 326 g/mol. The minimum atomic E-state index is -0.571. The fraction of sp³-hybridized carbons (Fsp3) is 0.500. The summed E-state index contributed by atoms with van der Waals surface area (Å²) < 4.78 is 9.95. The van der Waals surface area contributed by atoms with Gasteiger partial charge in [-0.05, 0) is 56.9 Å². The minimum absolute atomic E-state index is 0.0883. The van der Waals surface area contributed by atoms with Crippen LogP contribution in [0.2, 0.25) is 5.02 Å². The molecule has 1 N–H and O–H groups in total. The van der Waals surface area contributed by atoms with Crippen molar-refractivity contribution in [2.75, 3.05) is 12.4 Å². The average Bonchev–Trinajstić information content (AvgIpc) is 3.14. The van der Waals surface area contributed by atoms with Crippen molar-refractivity contribution in [1.82, 2.24) is 0 Å². The number of nitrogens with one attached hydrogen (secondary N) is 1. The second-order valence-corrected chi connectivity index (χ2v) is 6.81. The molecule has 0 heterocycles. The smallest absolute Gasteiger partial charge is 0.412 e. The van der Waals surface area contributed by atoms with Crippen LogP contribution in [-0.4, -0.2) is 24.8 Å². The topological polar surface area (TPSA) is 64.6 Å². The molecule has 1 aliphatic rings. The highest BCUT2D eigenvalue weighted by Crippen LogP contribution is 2.49. The molecule has 0 aromatic heterocycles. The van der Waals surface area contributed by atoms with Gasteiger partial charge in [0, 0.05) is 10.7 Å². The lowest BCUT2D eigenvalue weighted by Gasteiger charge is -2.20. The highest BCUT2D eigenvalue weighted by Gasteiger charge is 2.45. The van der Waals surface area contributed by atoms with Crippen molar-refractivity contribution in [2.24, 2.45) is 5.92 Å². The Kier molecular flexibility index (Phi) is 4.66. The normalized spacial score (nSPS) is 20.2. The lowest BCUT2D eigenvalue weighted by molar-refractivity contribution is -0.142. The third-order valence-electron chi connectivity index (χ3n) is 3.29. The van der Waals surface area contributed by atoms with E-state index in [1.54, 1.807) is 32.9 Å². The van der Waals surface area contributed by atoms with E-state index < -0.39 is 11.7 Å². The molecule has 1 aromatic rings. The van der Waals surface area contributed by atoms with Gasteiger partial charge in [-0.2, -0.15) is 0 Å². The maximum absolute atomic E-state index is 11.8. The number of hydrogen-bond acceptors (Lipinski definition) is 4. The molecule has 5 nitrogen and oxygen atoms in total. The summed E-state index contributed by atoms with van der Waals surface area (Å²) in [4.78, 5) is 23.3. The van der Waals surface area contributed by atoms with Crippen LogP contribution in [0.5, 0.6) is 0 Å². The van der Waals surface area contributed by atoms with Crippen molar-refractivity contribution in [3.63, 3.8) is 0 Å². The van der Waals surface area contributed by atoms with E-state index in [0.29, 0.717) is 10.7 Å². The van der Waals surface area contributed by atoms with Gasteiger partial charge in [0.05, 0.1) is 13.0 Å². The van der Waals surface area contributed by atoms with Crippen molar-refractivity contribution in [2.45, 2.75) is 38.7 Å². The highest BCUT2D eigenvalue weighted by atomic mass is 35.5. The third kappa shape index (κ3) is 4.37. The molecule has 0 saturated heterocycles. The van der Waals surface area contributed by atoms with E-state index in [9.17, 15) is 9.59 Å². The largest absolute Gasteiger partial charge is 0.469 e. The second kappa shape index (κ2) is 6.16. The number of amides is 1. The van der Waals surface area contributed by atoms with Crippen molar-refractivity contribution in [3.05, 3.63) is 28.8 Å². The molecular formula is C16H20ClNO4. The summed E-state index contributed by atoms with van der Waals surface area (Å²) in [6.07, 6.45) is 0.194. The van der Waals surface area contributed by atoms with E-state index in [1.807, 2.05) is 6.07 Å². The van der Waals surface area contributed by atoms with Gasteiger partial charge < -0.3 is 9.47 Å². The number of rotatable bonds is 3. The third-order valence-corrected chi connectivity index (χ3v) is 3.51. The number of methoxy groups -OCH3 is 1. The minimum Gasteiger partial charge on any atom is -0.469 e. The van der Waals surface area contributed by atoms with Gasteiger partial charge in [-0.25, -0.2) is 4.79 Å². The Balaban J connectivity index is 2.08. The number of carbonyl (C=O) groups is 2. The lowest BCUT2D eigenvalue weighted by atomic mass is 10.1. The van der Waals surface area contributed by atoms with Crippen LogP contribution in [0, 0.1) is 5.92 Å². The van der Waals surface area contributed by atoms with E-state index in [-0.39, 0.29) is 17.8 Å².